The number of methoxy groups -OCH3 is 2. The van der Waals surface area contributed by atoms with E-state index in [9.17, 15) is 4.79 Å². The molecule has 0 saturated carbocycles. The van der Waals surface area contributed by atoms with E-state index < -0.39 is 0 Å². The van der Waals surface area contributed by atoms with Crippen LogP contribution in [0.2, 0.25) is 0 Å². The van der Waals surface area contributed by atoms with Crippen molar-refractivity contribution in [2.75, 3.05) is 25.7 Å². The lowest BCUT2D eigenvalue weighted by molar-refractivity contribution is 0.0984. The molecule has 1 heterocycles. The molecule has 3 aromatic carbocycles. The fraction of sp³-hybridized carbons (Fsp3) is 0.200. The number of thiazole rings is 1. The molecule has 0 aliphatic rings. The monoisotopic (exact) mass is 448 g/mol. The van der Waals surface area contributed by atoms with Crippen LogP contribution in [0.3, 0.4) is 0 Å². The van der Waals surface area contributed by atoms with Gasteiger partial charge in [-0.25, -0.2) is 4.98 Å². The molecule has 6 nitrogen and oxygen atoms in total. The molecule has 0 aliphatic carbocycles. The van der Waals surface area contributed by atoms with Crippen LogP contribution < -0.4 is 19.1 Å². The van der Waals surface area contributed by atoms with Crippen molar-refractivity contribution in [3.8, 4) is 17.2 Å². The van der Waals surface area contributed by atoms with Crippen molar-refractivity contribution in [2.45, 2.75) is 13.5 Å². The molecule has 4 aromatic rings. The van der Waals surface area contributed by atoms with Gasteiger partial charge in [-0.1, -0.05) is 41.7 Å². The third kappa shape index (κ3) is 4.68. The number of amides is 1. The predicted octanol–water partition coefficient (Wildman–Crippen LogP) is 5.56. The van der Waals surface area contributed by atoms with Gasteiger partial charge in [0.2, 0.25) is 0 Å². The SMILES string of the molecule is CCOc1ccc2nc(N(Cc3ccccc3)C(=O)c3cc(OC)cc(OC)c3)sc2c1. The Morgan fingerprint density at radius 3 is 2.31 bits per heavy atom. The van der Waals surface area contributed by atoms with Gasteiger partial charge in [-0.15, -0.1) is 0 Å². The van der Waals surface area contributed by atoms with Crippen molar-refractivity contribution < 1.29 is 19.0 Å². The number of aromatic nitrogens is 1. The van der Waals surface area contributed by atoms with Gasteiger partial charge >= 0.3 is 0 Å². The first-order chi connectivity index (χ1) is 15.6. The molecule has 164 valence electrons. The van der Waals surface area contributed by atoms with Gasteiger partial charge < -0.3 is 14.2 Å². The molecular weight excluding hydrogens is 424 g/mol. The number of hydrogen-bond acceptors (Lipinski definition) is 6. The maximum absolute atomic E-state index is 13.7. The lowest BCUT2D eigenvalue weighted by Gasteiger charge is -2.21. The summed E-state index contributed by atoms with van der Waals surface area (Å²) in [7, 11) is 3.13. The average Bonchev–Trinajstić information content (AvgIpc) is 3.25. The Morgan fingerprint density at radius 1 is 0.938 bits per heavy atom. The molecular formula is C25H24N2O4S. The molecule has 0 saturated heterocycles. The highest BCUT2D eigenvalue weighted by Crippen LogP contribution is 2.34. The molecule has 0 N–H and O–H groups in total. The summed E-state index contributed by atoms with van der Waals surface area (Å²) in [5.41, 5.74) is 2.29. The highest BCUT2D eigenvalue weighted by Gasteiger charge is 2.23. The van der Waals surface area contributed by atoms with Crippen molar-refractivity contribution in [3.05, 3.63) is 77.9 Å². The predicted molar refractivity (Wildman–Crippen MR) is 127 cm³/mol. The van der Waals surface area contributed by atoms with Gasteiger partial charge in [0, 0.05) is 11.6 Å². The quantitative estimate of drug-likeness (QED) is 0.353. The minimum absolute atomic E-state index is 0.185. The third-order valence-corrected chi connectivity index (χ3v) is 5.96. The molecule has 0 bridgehead atoms. The van der Waals surface area contributed by atoms with E-state index in [1.54, 1.807) is 37.3 Å². The zero-order chi connectivity index (χ0) is 22.5. The van der Waals surface area contributed by atoms with Gasteiger partial charge in [0.15, 0.2) is 5.13 Å². The molecule has 32 heavy (non-hydrogen) atoms. The summed E-state index contributed by atoms with van der Waals surface area (Å²) in [5.74, 6) is 1.71. The van der Waals surface area contributed by atoms with Gasteiger partial charge in [0.1, 0.15) is 17.2 Å². The van der Waals surface area contributed by atoms with E-state index in [2.05, 4.69) is 0 Å². The summed E-state index contributed by atoms with van der Waals surface area (Å²) >= 11 is 1.46. The zero-order valence-corrected chi connectivity index (χ0v) is 19.0. The summed E-state index contributed by atoms with van der Waals surface area (Å²) in [6.07, 6.45) is 0. The molecule has 0 aliphatic heterocycles. The van der Waals surface area contributed by atoms with Crippen LogP contribution in [0.4, 0.5) is 5.13 Å². The number of benzene rings is 3. The first-order valence-electron chi connectivity index (χ1n) is 10.2. The Labute approximate surface area is 191 Å². The number of anilines is 1. The molecule has 4 rings (SSSR count). The Bertz CT molecular complexity index is 1200. The van der Waals surface area contributed by atoms with Crippen LogP contribution in [0.1, 0.15) is 22.8 Å². The second kappa shape index (κ2) is 9.70. The molecule has 0 radical (unpaired) electrons. The van der Waals surface area contributed by atoms with Crippen LogP contribution in [-0.4, -0.2) is 31.7 Å². The van der Waals surface area contributed by atoms with Crippen molar-refractivity contribution in [3.63, 3.8) is 0 Å². The van der Waals surface area contributed by atoms with Gasteiger partial charge in [-0.3, -0.25) is 9.69 Å². The number of hydrogen-bond donors (Lipinski definition) is 0. The van der Waals surface area contributed by atoms with Crippen LogP contribution in [-0.2, 0) is 6.54 Å². The number of rotatable bonds is 8. The standard InChI is InChI=1S/C25H24N2O4S/c1-4-31-19-10-11-22-23(15-19)32-25(26-22)27(16-17-8-6-5-7-9-17)24(28)18-12-20(29-2)14-21(13-18)30-3/h5-15H,4,16H2,1-3H3. The first-order valence-corrected chi connectivity index (χ1v) is 11.0. The normalized spacial score (nSPS) is 10.7. The Hall–Kier alpha value is -3.58. The molecule has 0 spiro atoms. The van der Waals surface area contributed by atoms with E-state index in [0.717, 1.165) is 21.5 Å². The van der Waals surface area contributed by atoms with Crippen LogP contribution in [0.5, 0.6) is 17.2 Å². The summed E-state index contributed by atoms with van der Waals surface area (Å²) in [4.78, 5) is 20.1. The highest BCUT2D eigenvalue weighted by molar-refractivity contribution is 7.22. The fourth-order valence-corrected chi connectivity index (χ4v) is 4.34. The Balaban J connectivity index is 1.77. The van der Waals surface area contributed by atoms with Crippen LogP contribution in [0.15, 0.2) is 66.7 Å². The minimum Gasteiger partial charge on any atom is -0.497 e. The third-order valence-electron chi connectivity index (χ3n) is 4.92. The lowest BCUT2D eigenvalue weighted by Crippen LogP contribution is -2.30. The van der Waals surface area contributed by atoms with Gasteiger partial charge in [0.05, 0.1) is 37.6 Å². The van der Waals surface area contributed by atoms with Gasteiger partial charge in [-0.05, 0) is 42.8 Å². The van der Waals surface area contributed by atoms with Crippen molar-refractivity contribution in [1.29, 1.82) is 0 Å². The highest BCUT2D eigenvalue weighted by atomic mass is 32.1. The Kier molecular flexibility index (Phi) is 6.56. The van der Waals surface area contributed by atoms with Crippen LogP contribution in [0, 0.1) is 0 Å². The van der Waals surface area contributed by atoms with E-state index in [1.807, 2.05) is 55.5 Å². The maximum atomic E-state index is 13.7. The lowest BCUT2D eigenvalue weighted by atomic mass is 10.1. The molecule has 0 unspecified atom stereocenters. The van der Waals surface area contributed by atoms with Gasteiger partial charge in [0.25, 0.3) is 5.91 Å². The fourth-order valence-electron chi connectivity index (χ4n) is 3.34. The Morgan fingerprint density at radius 2 is 1.66 bits per heavy atom. The van der Waals surface area contributed by atoms with E-state index in [1.165, 1.54) is 11.3 Å². The summed E-state index contributed by atoms with van der Waals surface area (Å²) in [6.45, 7) is 2.93. The first kappa shape index (κ1) is 21.6. The molecule has 0 atom stereocenters. The summed E-state index contributed by atoms with van der Waals surface area (Å²) in [5, 5.41) is 0.615. The van der Waals surface area contributed by atoms with E-state index >= 15 is 0 Å². The van der Waals surface area contributed by atoms with Crippen LogP contribution >= 0.6 is 11.3 Å². The average molecular weight is 449 g/mol. The number of nitrogens with zero attached hydrogens (tertiary/aromatic N) is 2. The van der Waals surface area contributed by atoms with Crippen molar-refractivity contribution in [2.24, 2.45) is 0 Å². The van der Waals surface area contributed by atoms with Crippen molar-refractivity contribution in [1.82, 2.24) is 4.98 Å². The molecule has 1 amide bonds. The van der Waals surface area contributed by atoms with Gasteiger partial charge in [-0.2, -0.15) is 0 Å². The number of ether oxygens (including phenoxy) is 3. The second-order valence-electron chi connectivity index (χ2n) is 7.04. The smallest absolute Gasteiger partial charge is 0.260 e. The van der Waals surface area contributed by atoms with Crippen LogP contribution in [0.25, 0.3) is 10.2 Å². The topological polar surface area (TPSA) is 60.9 Å². The zero-order valence-electron chi connectivity index (χ0n) is 18.2. The van der Waals surface area contributed by atoms with E-state index in [-0.39, 0.29) is 5.91 Å². The molecule has 7 heteroatoms. The van der Waals surface area contributed by atoms with E-state index in [0.29, 0.717) is 35.3 Å². The largest absolute Gasteiger partial charge is 0.497 e. The number of carbonyl (C=O) groups is 1. The summed E-state index contributed by atoms with van der Waals surface area (Å²) < 4.78 is 17.3. The molecule has 0 fully saturated rings. The maximum Gasteiger partial charge on any atom is 0.260 e. The minimum atomic E-state index is -0.185. The summed E-state index contributed by atoms with van der Waals surface area (Å²) in [6, 6.07) is 20.8. The second-order valence-corrected chi connectivity index (χ2v) is 8.05. The molecule has 1 aromatic heterocycles. The van der Waals surface area contributed by atoms with Crippen molar-refractivity contribution >= 4 is 32.6 Å². The van der Waals surface area contributed by atoms with E-state index in [4.69, 9.17) is 19.2 Å². The number of carbonyl (C=O) groups excluding carboxylic acids is 1. The number of fused-ring (bicyclic) bond motifs is 1.